The lowest BCUT2D eigenvalue weighted by Gasteiger charge is -2.27. The number of carbonyl (C=O) groups is 2. The Morgan fingerprint density at radius 3 is 2.97 bits per heavy atom. The lowest BCUT2D eigenvalue weighted by Crippen LogP contribution is -2.45. The van der Waals surface area contributed by atoms with Crippen molar-refractivity contribution in [3.63, 3.8) is 0 Å². The van der Waals surface area contributed by atoms with E-state index in [1.165, 1.54) is 0 Å². The van der Waals surface area contributed by atoms with Crippen LogP contribution in [0.3, 0.4) is 0 Å². The molecule has 4 atom stereocenters. The summed E-state index contributed by atoms with van der Waals surface area (Å²) in [5.41, 5.74) is -0.746. The second-order valence-corrected chi connectivity index (χ2v) is 8.22. The predicted octanol–water partition coefficient (Wildman–Crippen LogP) is 0.108. The average molecular weight is 402 g/mol. The maximum Gasteiger partial charge on any atom is 0.235 e. The molecule has 3 saturated heterocycles. The normalized spacial score (nSPS) is 33.5. The molecular weight excluding hydrogens is 376 g/mol. The topological polar surface area (TPSA) is 97.1 Å². The third kappa shape index (κ3) is 3.17. The maximum absolute atomic E-state index is 13.2. The summed E-state index contributed by atoms with van der Waals surface area (Å²) in [6.45, 7) is 7.08. The SMILES string of the molecule is Cc1cc(N2C[C@@]34C=C[C@@H](O3)[C@H](C(=O)NCCCN3CCOCC3)[C@@H]4C2=O)no1. The molecule has 0 unspecified atom stereocenters. The second-order valence-electron chi connectivity index (χ2n) is 8.22. The first-order valence-corrected chi connectivity index (χ1v) is 10.3. The fourth-order valence-corrected chi connectivity index (χ4v) is 4.93. The van der Waals surface area contributed by atoms with E-state index in [9.17, 15) is 9.59 Å². The summed E-state index contributed by atoms with van der Waals surface area (Å²) in [5, 5.41) is 6.99. The molecule has 156 valence electrons. The highest BCUT2D eigenvalue weighted by molar-refractivity contribution is 6.02. The summed E-state index contributed by atoms with van der Waals surface area (Å²) >= 11 is 0. The van der Waals surface area contributed by atoms with Crippen LogP contribution in [0.2, 0.25) is 0 Å². The number of anilines is 1. The molecule has 4 aliphatic heterocycles. The van der Waals surface area contributed by atoms with Gasteiger partial charge in [-0.3, -0.25) is 19.4 Å². The molecule has 1 aromatic heterocycles. The third-order valence-corrected chi connectivity index (χ3v) is 6.35. The zero-order valence-corrected chi connectivity index (χ0v) is 16.5. The van der Waals surface area contributed by atoms with E-state index in [4.69, 9.17) is 14.0 Å². The summed E-state index contributed by atoms with van der Waals surface area (Å²) < 4.78 is 16.6. The lowest BCUT2D eigenvalue weighted by molar-refractivity contribution is -0.131. The largest absolute Gasteiger partial charge is 0.379 e. The molecule has 5 rings (SSSR count). The molecule has 4 aliphatic rings. The number of carbonyl (C=O) groups excluding carboxylic acids is 2. The minimum atomic E-state index is -0.746. The van der Waals surface area contributed by atoms with E-state index >= 15 is 0 Å². The number of amides is 2. The van der Waals surface area contributed by atoms with Gasteiger partial charge in [0.2, 0.25) is 11.8 Å². The number of ether oxygens (including phenoxy) is 2. The van der Waals surface area contributed by atoms with Crippen molar-refractivity contribution in [2.75, 3.05) is 50.8 Å². The Balaban J connectivity index is 1.22. The second kappa shape index (κ2) is 7.23. The number of aromatic nitrogens is 1. The molecule has 9 heteroatoms. The van der Waals surface area contributed by atoms with Crippen molar-refractivity contribution in [3.8, 4) is 0 Å². The number of hydrogen-bond acceptors (Lipinski definition) is 7. The van der Waals surface area contributed by atoms with Crippen LogP contribution in [0.4, 0.5) is 5.82 Å². The zero-order chi connectivity index (χ0) is 20.0. The van der Waals surface area contributed by atoms with Gasteiger partial charge in [0.15, 0.2) is 5.82 Å². The molecule has 1 spiro atoms. The van der Waals surface area contributed by atoms with Crippen LogP contribution in [0.5, 0.6) is 0 Å². The van der Waals surface area contributed by atoms with Crippen molar-refractivity contribution < 1.29 is 23.6 Å². The standard InChI is InChI=1S/C20H26N4O5/c1-13-11-15(22-29-13)24-12-20-4-3-14(28-20)16(17(20)19(24)26)18(25)21-5-2-6-23-7-9-27-10-8-23/h3-4,11,14,16-17H,2,5-10,12H2,1H3,(H,21,25)/t14-,16+,17-,20-/m1/s1. The van der Waals surface area contributed by atoms with Gasteiger partial charge in [0.25, 0.3) is 0 Å². The van der Waals surface area contributed by atoms with Gasteiger partial charge in [-0.2, -0.15) is 0 Å². The number of morpholine rings is 1. The van der Waals surface area contributed by atoms with E-state index in [0.717, 1.165) is 39.3 Å². The fourth-order valence-electron chi connectivity index (χ4n) is 4.93. The highest BCUT2D eigenvalue weighted by Crippen LogP contribution is 2.52. The van der Waals surface area contributed by atoms with E-state index in [2.05, 4.69) is 15.4 Å². The minimum absolute atomic E-state index is 0.111. The first-order chi connectivity index (χ1) is 14.1. The summed E-state index contributed by atoms with van der Waals surface area (Å²) in [7, 11) is 0. The van der Waals surface area contributed by atoms with Crippen LogP contribution in [0, 0.1) is 18.8 Å². The molecule has 29 heavy (non-hydrogen) atoms. The third-order valence-electron chi connectivity index (χ3n) is 6.35. The van der Waals surface area contributed by atoms with Crippen molar-refractivity contribution in [1.29, 1.82) is 0 Å². The molecule has 5 heterocycles. The Hall–Kier alpha value is -2.23. The van der Waals surface area contributed by atoms with Gasteiger partial charge < -0.3 is 19.3 Å². The molecular formula is C20H26N4O5. The Kier molecular flexibility index (Phi) is 4.68. The number of nitrogens with zero attached hydrogens (tertiary/aromatic N) is 3. The molecule has 0 saturated carbocycles. The van der Waals surface area contributed by atoms with Gasteiger partial charge in [0.05, 0.1) is 37.7 Å². The smallest absolute Gasteiger partial charge is 0.235 e. The van der Waals surface area contributed by atoms with Crippen LogP contribution in [0.1, 0.15) is 12.2 Å². The highest BCUT2D eigenvalue weighted by atomic mass is 16.5. The minimum Gasteiger partial charge on any atom is -0.379 e. The Labute approximate surface area is 169 Å². The van der Waals surface area contributed by atoms with Gasteiger partial charge in [0, 0.05) is 25.7 Å². The molecule has 2 bridgehead atoms. The molecule has 0 aromatic carbocycles. The Morgan fingerprint density at radius 1 is 1.38 bits per heavy atom. The van der Waals surface area contributed by atoms with Crippen molar-refractivity contribution in [2.24, 2.45) is 11.8 Å². The van der Waals surface area contributed by atoms with Crippen LogP contribution in [0.15, 0.2) is 22.7 Å². The van der Waals surface area contributed by atoms with E-state index in [1.807, 2.05) is 12.2 Å². The summed E-state index contributed by atoms with van der Waals surface area (Å²) in [5.74, 6) is -0.153. The Morgan fingerprint density at radius 2 is 2.21 bits per heavy atom. The Bertz CT molecular complexity index is 833. The van der Waals surface area contributed by atoms with Crippen molar-refractivity contribution in [3.05, 3.63) is 24.0 Å². The van der Waals surface area contributed by atoms with E-state index in [-0.39, 0.29) is 17.9 Å². The van der Waals surface area contributed by atoms with E-state index in [0.29, 0.717) is 24.7 Å². The van der Waals surface area contributed by atoms with Gasteiger partial charge in [-0.1, -0.05) is 17.3 Å². The van der Waals surface area contributed by atoms with Crippen LogP contribution in [0.25, 0.3) is 0 Å². The highest BCUT2D eigenvalue weighted by Gasteiger charge is 2.67. The molecule has 1 N–H and O–H groups in total. The van der Waals surface area contributed by atoms with Crippen molar-refractivity contribution >= 4 is 17.6 Å². The molecule has 2 amide bonds. The number of hydrogen-bond donors (Lipinski definition) is 1. The first-order valence-electron chi connectivity index (χ1n) is 10.3. The molecule has 9 nitrogen and oxygen atoms in total. The maximum atomic E-state index is 13.2. The van der Waals surface area contributed by atoms with Crippen LogP contribution in [-0.2, 0) is 19.1 Å². The van der Waals surface area contributed by atoms with E-state index < -0.39 is 17.4 Å². The quantitative estimate of drug-likeness (QED) is 0.533. The number of nitrogens with one attached hydrogen (secondary N) is 1. The van der Waals surface area contributed by atoms with Gasteiger partial charge >= 0.3 is 0 Å². The molecule has 3 fully saturated rings. The predicted molar refractivity (Wildman–Crippen MR) is 102 cm³/mol. The monoisotopic (exact) mass is 402 g/mol. The zero-order valence-electron chi connectivity index (χ0n) is 16.5. The van der Waals surface area contributed by atoms with Crippen LogP contribution < -0.4 is 10.2 Å². The number of rotatable bonds is 6. The van der Waals surface area contributed by atoms with E-state index in [1.54, 1.807) is 17.9 Å². The number of aryl methyl sites for hydroxylation is 1. The van der Waals surface area contributed by atoms with Crippen LogP contribution >= 0.6 is 0 Å². The van der Waals surface area contributed by atoms with Crippen molar-refractivity contribution in [1.82, 2.24) is 15.4 Å². The van der Waals surface area contributed by atoms with Gasteiger partial charge in [-0.25, -0.2) is 0 Å². The van der Waals surface area contributed by atoms with Gasteiger partial charge in [0.1, 0.15) is 11.4 Å². The van der Waals surface area contributed by atoms with Crippen molar-refractivity contribution in [2.45, 2.75) is 25.0 Å². The molecule has 0 radical (unpaired) electrons. The van der Waals surface area contributed by atoms with Gasteiger partial charge in [-0.15, -0.1) is 0 Å². The van der Waals surface area contributed by atoms with Crippen LogP contribution in [-0.4, -0.2) is 79.5 Å². The number of fused-ring (bicyclic) bond motifs is 1. The summed E-state index contributed by atoms with van der Waals surface area (Å²) in [6.07, 6.45) is 4.38. The first kappa shape index (κ1) is 18.8. The van der Waals surface area contributed by atoms with Gasteiger partial charge in [-0.05, 0) is 19.9 Å². The summed E-state index contributed by atoms with van der Waals surface area (Å²) in [6, 6.07) is 1.73. The summed E-state index contributed by atoms with van der Waals surface area (Å²) in [4.78, 5) is 30.0. The molecule has 0 aliphatic carbocycles. The fraction of sp³-hybridized carbons (Fsp3) is 0.650. The molecule has 1 aromatic rings. The lowest BCUT2D eigenvalue weighted by atomic mass is 9.77. The average Bonchev–Trinajstić information content (AvgIpc) is 3.47.